The maximum atomic E-state index is 14.3. The van der Waals surface area contributed by atoms with Gasteiger partial charge < -0.3 is 19.7 Å². The Hall–Kier alpha value is -3.19. The van der Waals surface area contributed by atoms with Crippen LogP contribution in [0, 0.1) is 12.7 Å². The molecule has 32 heavy (non-hydrogen) atoms. The van der Waals surface area contributed by atoms with Crippen LogP contribution in [-0.2, 0) is 16.6 Å². The monoisotopic (exact) mass is 440 g/mol. The minimum Gasteiger partial charge on any atom is -0.466 e. The van der Waals surface area contributed by atoms with E-state index in [1.165, 1.54) is 12.1 Å². The number of nitrogens with zero attached hydrogens (tertiary/aromatic N) is 1. The molecule has 2 aromatic carbocycles. The molecule has 0 aliphatic heterocycles. The number of amides is 1. The smallest absolute Gasteiger partial charge is 0.313 e. The molecule has 1 amide bonds. The van der Waals surface area contributed by atoms with Gasteiger partial charge in [-0.25, -0.2) is 4.39 Å². The Labute approximate surface area is 187 Å². The van der Waals surface area contributed by atoms with Crippen molar-refractivity contribution in [1.82, 2.24) is 9.88 Å². The molecular weight excluding hydrogens is 411 g/mol. The Morgan fingerprint density at radius 2 is 1.78 bits per heavy atom. The molecular formula is C25H29FN2O4. The summed E-state index contributed by atoms with van der Waals surface area (Å²) in [5, 5.41) is 13.1. The molecule has 6 nitrogen and oxygen atoms in total. The molecule has 170 valence electrons. The number of nitrogens with one attached hydrogen (secondary N) is 1. The molecule has 7 heteroatoms. The van der Waals surface area contributed by atoms with E-state index >= 15 is 0 Å². The maximum absolute atomic E-state index is 14.3. The zero-order valence-corrected chi connectivity index (χ0v) is 18.8. The Bertz CT molecular complexity index is 1120. The van der Waals surface area contributed by atoms with Gasteiger partial charge in [-0.05, 0) is 55.2 Å². The van der Waals surface area contributed by atoms with Gasteiger partial charge in [0.05, 0.1) is 30.7 Å². The van der Waals surface area contributed by atoms with Crippen molar-refractivity contribution in [2.24, 2.45) is 7.05 Å². The summed E-state index contributed by atoms with van der Waals surface area (Å²) in [7, 11) is 1.71. The molecule has 1 aromatic heterocycles. The average molecular weight is 441 g/mol. The van der Waals surface area contributed by atoms with Crippen LogP contribution >= 0.6 is 0 Å². The third kappa shape index (κ3) is 4.67. The standard InChI is InChI=1S/C25H29FN2O4/c1-5-18(25(31)32-6-2)16-7-9-17(10-8-16)21(14-29)27-24(30)23-13-19-20(26)11-15(3)12-22(19)28(23)4/h7-13,18,21,29H,5-6,14H2,1-4H3,(H,27,30)/t18?,21-/m1/s1. The van der Waals surface area contributed by atoms with E-state index in [-0.39, 0.29) is 24.3 Å². The van der Waals surface area contributed by atoms with Crippen LogP contribution in [-0.4, -0.2) is 34.8 Å². The van der Waals surface area contributed by atoms with E-state index in [4.69, 9.17) is 4.74 Å². The number of fused-ring (bicyclic) bond motifs is 1. The molecule has 1 heterocycles. The molecule has 3 aromatic rings. The summed E-state index contributed by atoms with van der Waals surface area (Å²) in [4.78, 5) is 25.1. The lowest BCUT2D eigenvalue weighted by atomic mass is 9.94. The second-order valence-corrected chi connectivity index (χ2v) is 7.86. The van der Waals surface area contributed by atoms with Crippen LogP contribution in [0.25, 0.3) is 10.9 Å². The first-order chi connectivity index (χ1) is 15.3. The summed E-state index contributed by atoms with van der Waals surface area (Å²) in [5.74, 6) is -1.42. The van der Waals surface area contributed by atoms with Gasteiger partial charge in [0, 0.05) is 12.4 Å². The molecule has 0 radical (unpaired) electrons. The maximum Gasteiger partial charge on any atom is 0.313 e. The van der Waals surface area contributed by atoms with E-state index in [0.29, 0.717) is 35.2 Å². The Kier molecular flexibility index (Phi) is 7.30. The molecule has 2 N–H and O–H groups in total. The lowest BCUT2D eigenvalue weighted by Gasteiger charge is -2.19. The summed E-state index contributed by atoms with van der Waals surface area (Å²) in [6.07, 6.45) is 0.607. The summed E-state index contributed by atoms with van der Waals surface area (Å²) in [6.45, 7) is 5.50. The van der Waals surface area contributed by atoms with E-state index < -0.39 is 11.9 Å². The van der Waals surface area contributed by atoms with Crippen LogP contribution in [0.4, 0.5) is 4.39 Å². The number of hydrogen-bond donors (Lipinski definition) is 2. The molecule has 3 rings (SSSR count). The normalized spacial score (nSPS) is 13.1. The van der Waals surface area contributed by atoms with Gasteiger partial charge in [-0.15, -0.1) is 0 Å². The van der Waals surface area contributed by atoms with Gasteiger partial charge in [0.1, 0.15) is 11.5 Å². The third-order valence-electron chi connectivity index (χ3n) is 5.70. The topological polar surface area (TPSA) is 80.6 Å². The van der Waals surface area contributed by atoms with Crippen molar-refractivity contribution in [3.8, 4) is 0 Å². The van der Waals surface area contributed by atoms with Crippen LogP contribution in [0.1, 0.15) is 59.4 Å². The van der Waals surface area contributed by atoms with Gasteiger partial charge in [0.15, 0.2) is 0 Å². The molecule has 2 atom stereocenters. The van der Waals surface area contributed by atoms with Crippen molar-refractivity contribution in [2.75, 3.05) is 13.2 Å². The van der Waals surface area contributed by atoms with Crippen molar-refractivity contribution < 1.29 is 23.8 Å². The quantitative estimate of drug-likeness (QED) is 0.516. The van der Waals surface area contributed by atoms with Crippen molar-refractivity contribution in [3.05, 3.63) is 70.7 Å². The van der Waals surface area contributed by atoms with Crippen LogP contribution < -0.4 is 5.32 Å². The van der Waals surface area contributed by atoms with Gasteiger partial charge >= 0.3 is 5.97 Å². The highest BCUT2D eigenvalue weighted by atomic mass is 19.1. The molecule has 0 fully saturated rings. The Morgan fingerprint density at radius 1 is 1.12 bits per heavy atom. The number of benzene rings is 2. The largest absolute Gasteiger partial charge is 0.466 e. The number of aliphatic hydroxyl groups is 1. The van der Waals surface area contributed by atoms with Crippen LogP contribution in [0.5, 0.6) is 0 Å². The number of aromatic nitrogens is 1. The second kappa shape index (κ2) is 9.96. The van der Waals surface area contributed by atoms with Gasteiger partial charge in [0.2, 0.25) is 0 Å². The lowest BCUT2D eigenvalue weighted by molar-refractivity contribution is -0.145. The molecule has 0 bridgehead atoms. The highest BCUT2D eigenvalue weighted by molar-refractivity contribution is 5.99. The minimum absolute atomic E-state index is 0.270. The second-order valence-electron chi connectivity index (χ2n) is 7.86. The van der Waals surface area contributed by atoms with E-state index in [1.807, 2.05) is 25.1 Å². The summed E-state index contributed by atoms with van der Waals surface area (Å²) in [5.41, 5.74) is 3.21. The number of carbonyl (C=O) groups is 2. The van der Waals surface area contributed by atoms with Crippen LogP contribution in [0.2, 0.25) is 0 Å². The predicted molar refractivity (Wildman–Crippen MR) is 121 cm³/mol. The van der Waals surface area contributed by atoms with Gasteiger partial charge in [-0.3, -0.25) is 9.59 Å². The number of rotatable bonds is 8. The lowest BCUT2D eigenvalue weighted by Crippen LogP contribution is -2.32. The van der Waals surface area contributed by atoms with Crippen molar-refractivity contribution >= 4 is 22.8 Å². The minimum atomic E-state index is -0.649. The Morgan fingerprint density at radius 3 is 2.38 bits per heavy atom. The molecule has 0 saturated carbocycles. The summed E-state index contributed by atoms with van der Waals surface area (Å²) < 4.78 is 21.1. The van der Waals surface area contributed by atoms with E-state index in [0.717, 1.165) is 11.1 Å². The molecule has 0 saturated heterocycles. The molecule has 0 spiro atoms. The van der Waals surface area contributed by atoms with Gasteiger partial charge in [0.25, 0.3) is 5.91 Å². The first-order valence-corrected chi connectivity index (χ1v) is 10.7. The highest BCUT2D eigenvalue weighted by Gasteiger charge is 2.22. The number of halogens is 1. The first-order valence-electron chi connectivity index (χ1n) is 10.7. The summed E-state index contributed by atoms with van der Waals surface area (Å²) >= 11 is 0. The van der Waals surface area contributed by atoms with E-state index in [1.54, 1.807) is 37.6 Å². The predicted octanol–water partition coefficient (Wildman–Crippen LogP) is 4.15. The van der Waals surface area contributed by atoms with Crippen LogP contribution in [0.15, 0.2) is 42.5 Å². The van der Waals surface area contributed by atoms with E-state index in [2.05, 4.69) is 5.32 Å². The highest BCUT2D eigenvalue weighted by Crippen LogP contribution is 2.26. The zero-order chi connectivity index (χ0) is 23.4. The van der Waals surface area contributed by atoms with Gasteiger partial charge in [-0.1, -0.05) is 31.2 Å². The fraction of sp³-hybridized carbons (Fsp3) is 0.360. The Balaban J connectivity index is 1.81. The first kappa shape index (κ1) is 23.5. The number of aliphatic hydroxyl groups excluding tert-OH is 1. The zero-order valence-electron chi connectivity index (χ0n) is 18.8. The molecule has 0 aliphatic carbocycles. The number of hydrogen-bond acceptors (Lipinski definition) is 4. The van der Waals surface area contributed by atoms with Gasteiger partial charge in [-0.2, -0.15) is 0 Å². The fourth-order valence-electron chi connectivity index (χ4n) is 3.95. The summed E-state index contributed by atoms with van der Waals surface area (Å²) in [6, 6.07) is 11.3. The molecule has 0 aliphatic rings. The fourth-order valence-corrected chi connectivity index (χ4v) is 3.95. The number of ether oxygens (including phenoxy) is 1. The molecule has 1 unspecified atom stereocenters. The third-order valence-corrected chi connectivity index (χ3v) is 5.70. The van der Waals surface area contributed by atoms with Crippen molar-refractivity contribution in [2.45, 2.75) is 39.2 Å². The SMILES string of the molecule is CCOC(=O)C(CC)c1ccc([C@@H](CO)NC(=O)c2cc3c(F)cc(C)cc3n2C)cc1. The van der Waals surface area contributed by atoms with Crippen molar-refractivity contribution in [3.63, 3.8) is 0 Å². The van der Waals surface area contributed by atoms with E-state index in [9.17, 15) is 19.1 Å². The van der Waals surface area contributed by atoms with Crippen LogP contribution in [0.3, 0.4) is 0 Å². The average Bonchev–Trinajstić information content (AvgIpc) is 3.10. The number of aryl methyl sites for hydroxylation is 2. The van der Waals surface area contributed by atoms with Crippen molar-refractivity contribution in [1.29, 1.82) is 0 Å². The number of carbonyl (C=O) groups excluding carboxylic acids is 2. The number of esters is 1.